The van der Waals surface area contributed by atoms with Crippen molar-refractivity contribution in [3.8, 4) is 0 Å². The topological polar surface area (TPSA) is 60.9 Å². The maximum absolute atomic E-state index is 12.5. The number of benzene rings is 1. The summed E-state index contributed by atoms with van der Waals surface area (Å²) in [4.78, 5) is 16.2. The van der Waals surface area contributed by atoms with Crippen molar-refractivity contribution in [2.75, 3.05) is 50.9 Å². The van der Waals surface area contributed by atoms with Crippen molar-refractivity contribution in [1.82, 2.24) is 9.21 Å². The molecule has 1 aliphatic heterocycles. The van der Waals surface area contributed by atoms with Crippen LogP contribution in [0.25, 0.3) is 0 Å². The monoisotopic (exact) mass is 325 g/mol. The fourth-order valence-electron chi connectivity index (χ4n) is 2.45. The summed E-state index contributed by atoms with van der Waals surface area (Å²) in [7, 11) is 0.693. The largest absolute Gasteiger partial charge is 0.378 e. The molecule has 0 bridgehead atoms. The molecule has 122 valence electrons. The average molecular weight is 325 g/mol. The van der Waals surface area contributed by atoms with Gasteiger partial charge in [-0.2, -0.15) is 4.31 Å². The van der Waals surface area contributed by atoms with Crippen LogP contribution in [0, 0.1) is 0 Å². The summed E-state index contributed by atoms with van der Waals surface area (Å²) in [5, 5.41) is 0. The Morgan fingerprint density at radius 2 is 1.82 bits per heavy atom. The molecule has 1 aromatic rings. The molecule has 0 atom stereocenters. The molecule has 0 unspecified atom stereocenters. The summed E-state index contributed by atoms with van der Waals surface area (Å²) in [6, 6.07) is 7.46. The van der Waals surface area contributed by atoms with Gasteiger partial charge in [-0.25, -0.2) is 8.42 Å². The average Bonchev–Trinajstić information content (AvgIpc) is 2.54. The molecule has 1 aliphatic rings. The molecular weight excluding hydrogens is 302 g/mol. The molecule has 0 N–H and O–H groups in total. The van der Waals surface area contributed by atoms with Crippen molar-refractivity contribution in [3.05, 3.63) is 29.8 Å². The normalized spacial score (nSPS) is 16.6. The lowest BCUT2D eigenvalue weighted by Gasteiger charge is -2.34. The standard InChI is InChI=1S/C15H23N3O3S/c1-4-22(20,21)18-10-8-17(9-11-18)15(19)13-6-5-7-14(12-13)16(2)3/h5-7,12H,4,8-11H2,1-3H3. The highest BCUT2D eigenvalue weighted by molar-refractivity contribution is 7.89. The Morgan fingerprint density at radius 1 is 1.18 bits per heavy atom. The third-order valence-electron chi connectivity index (χ3n) is 3.89. The summed E-state index contributed by atoms with van der Waals surface area (Å²) in [5.74, 6) is 0.0588. The minimum absolute atomic E-state index is 0.0442. The summed E-state index contributed by atoms with van der Waals surface area (Å²) in [6.07, 6.45) is 0. The predicted octanol–water partition coefficient (Wildman–Crippen LogP) is 0.860. The van der Waals surface area contributed by atoms with Crippen LogP contribution in [0.5, 0.6) is 0 Å². The van der Waals surface area contributed by atoms with E-state index in [0.29, 0.717) is 31.7 Å². The van der Waals surface area contributed by atoms with Gasteiger partial charge in [0.2, 0.25) is 10.0 Å². The maximum Gasteiger partial charge on any atom is 0.254 e. The Morgan fingerprint density at radius 3 is 2.36 bits per heavy atom. The van der Waals surface area contributed by atoms with Gasteiger partial charge < -0.3 is 9.80 Å². The van der Waals surface area contributed by atoms with Gasteiger partial charge in [0.05, 0.1) is 5.75 Å². The number of hydrogen-bond donors (Lipinski definition) is 0. The molecule has 22 heavy (non-hydrogen) atoms. The van der Waals surface area contributed by atoms with Crippen molar-refractivity contribution >= 4 is 21.6 Å². The van der Waals surface area contributed by atoms with Gasteiger partial charge in [0.25, 0.3) is 5.91 Å². The Hall–Kier alpha value is -1.60. The Bertz CT molecular complexity index is 635. The zero-order valence-corrected chi connectivity index (χ0v) is 14.1. The van der Waals surface area contributed by atoms with E-state index in [2.05, 4.69) is 0 Å². The van der Waals surface area contributed by atoms with E-state index >= 15 is 0 Å². The van der Waals surface area contributed by atoms with E-state index in [-0.39, 0.29) is 11.7 Å². The first-order chi connectivity index (χ1) is 10.3. The highest BCUT2D eigenvalue weighted by atomic mass is 32.2. The Kier molecular flexibility index (Phi) is 5.08. The molecule has 2 rings (SSSR count). The molecule has 1 aromatic carbocycles. The third-order valence-corrected chi connectivity index (χ3v) is 5.78. The van der Waals surface area contributed by atoms with Crippen molar-refractivity contribution in [2.45, 2.75) is 6.92 Å². The lowest BCUT2D eigenvalue weighted by atomic mass is 10.1. The van der Waals surface area contributed by atoms with Crippen LogP contribution >= 0.6 is 0 Å². The first-order valence-corrected chi connectivity index (χ1v) is 9.00. The van der Waals surface area contributed by atoms with E-state index in [9.17, 15) is 13.2 Å². The van der Waals surface area contributed by atoms with Crippen molar-refractivity contribution in [1.29, 1.82) is 0 Å². The Balaban J connectivity index is 2.05. The highest BCUT2D eigenvalue weighted by Gasteiger charge is 2.28. The van der Waals surface area contributed by atoms with Gasteiger partial charge in [-0.15, -0.1) is 0 Å². The number of anilines is 1. The first kappa shape index (κ1) is 16.8. The van der Waals surface area contributed by atoms with Crippen molar-refractivity contribution < 1.29 is 13.2 Å². The second-order valence-corrected chi connectivity index (χ2v) is 7.79. The second kappa shape index (κ2) is 6.66. The van der Waals surface area contributed by atoms with Crippen LogP contribution in [0.1, 0.15) is 17.3 Å². The molecule has 1 saturated heterocycles. The van der Waals surface area contributed by atoms with Gasteiger partial charge in [-0.1, -0.05) is 6.07 Å². The number of piperazine rings is 1. The van der Waals surface area contributed by atoms with Crippen LogP contribution in [0.15, 0.2) is 24.3 Å². The lowest BCUT2D eigenvalue weighted by Crippen LogP contribution is -2.50. The Labute approximate surface area is 132 Å². The zero-order chi connectivity index (χ0) is 16.3. The maximum atomic E-state index is 12.5. The van der Waals surface area contributed by atoms with Crippen LogP contribution in [0.4, 0.5) is 5.69 Å². The van der Waals surface area contributed by atoms with E-state index in [1.54, 1.807) is 17.9 Å². The molecule has 7 heteroatoms. The van der Waals surface area contributed by atoms with E-state index in [0.717, 1.165) is 5.69 Å². The minimum Gasteiger partial charge on any atom is -0.378 e. The van der Waals surface area contributed by atoms with Gasteiger partial charge in [-0.3, -0.25) is 4.79 Å². The molecule has 1 heterocycles. The molecule has 0 aliphatic carbocycles. The van der Waals surface area contributed by atoms with Crippen molar-refractivity contribution in [2.24, 2.45) is 0 Å². The molecule has 0 aromatic heterocycles. The van der Waals surface area contributed by atoms with Crippen LogP contribution in [-0.4, -0.2) is 69.6 Å². The van der Waals surface area contributed by atoms with Crippen LogP contribution < -0.4 is 4.90 Å². The molecule has 0 radical (unpaired) electrons. The first-order valence-electron chi connectivity index (χ1n) is 7.39. The second-order valence-electron chi connectivity index (χ2n) is 5.54. The van der Waals surface area contributed by atoms with Gasteiger partial charge in [0, 0.05) is 51.5 Å². The summed E-state index contributed by atoms with van der Waals surface area (Å²) in [6.45, 7) is 3.25. The number of sulfonamides is 1. The smallest absolute Gasteiger partial charge is 0.254 e. The third kappa shape index (κ3) is 3.59. The summed E-state index contributed by atoms with van der Waals surface area (Å²) in [5.41, 5.74) is 1.61. The molecular formula is C15H23N3O3S. The predicted molar refractivity (Wildman–Crippen MR) is 87.7 cm³/mol. The number of amides is 1. The van der Waals surface area contributed by atoms with Gasteiger partial charge in [0.1, 0.15) is 0 Å². The molecule has 0 saturated carbocycles. The SMILES string of the molecule is CCS(=O)(=O)N1CCN(C(=O)c2cccc(N(C)C)c2)CC1. The number of hydrogen-bond acceptors (Lipinski definition) is 4. The van der Waals surface area contributed by atoms with Crippen LogP contribution in [0.3, 0.4) is 0 Å². The lowest BCUT2D eigenvalue weighted by molar-refractivity contribution is 0.0698. The van der Waals surface area contributed by atoms with Crippen LogP contribution in [-0.2, 0) is 10.0 Å². The molecule has 1 fully saturated rings. The number of nitrogens with zero attached hydrogens (tertiary/aromatic N) is 3. The zero-order valence-electron chi connectivity index (χ0n) is 13.3. The van der Waals surface area contributed by atoms with Gasteiger partial charge in [0.15, 0.2) is 0 Å². The molecule has 1 amide bonds. The fourth-order valence-corrected chi connectivity index (χ4v) is 3.54. The van der Waals surface area contributed by atoms with E-state index in [4.69, 9.17) is 0 Å². The van der Waals surface area contributed by atoms with E-state index < -0.39 is 10.0 Å². The molecule has 0 spiro atoms. The highest BCUT2D eigenvalue weighted by Crippen LogP contribution is 2.16. The quantitative estimate of drug-likeness (QED) is 0.824. The minimum atomic E-state index is -3.16. The number of carbonyl (C=O) groups excluding carboxylic acids is 1. The van der Waals surface area contributed by atoms with Crippen molar-refractivity contribution in [3.63, 3.8) is 0 Å². The summed E-state index contributed by atoms with van der Waals surface area (Å²) >= 11 is 0. The van der Waals surface area contributed by atoms with E-state index in [1.165, 1.54) is 4.31 Å². The number of rotatable bonds is 4. The van der Waals surface area contributed by atoms with Gasteiger partial charge >= 0.3 is 0 Å². The summed E-state index contributed by atoms with van der Waals surface area (Å²) < 4.78 is 25.1. The van der Waals surface area contributed by atoms with Crippen LogP contribution in [0.2, 0.25) is 0 Å². The van der Waals surface area contributed by atoms with Gasteiger partial charge in [-0.05, 0) is 25.1 Å². The fraction of sp³-hybridized carbons (Fsp3) is 0.533. The molecule has 6 nitrogen and oxygen atoms in total. The van der Waals surface area contributed by atoms with E-state index in [1.807, 2.05) is 37.2 Å². The number of carbonyl (C=O) groups is 1.